The first-order chi connectivity index (χ1) is 16.3. The van der Waals surface area contributed by atoms with Crippen molar-refractivity contribution in [2.45, 2.75) is 182 Å². The number of unbranched alkanes of at least 4 members (excludes halogenated alkanes) is 19. The summed E-state index contributed by atoms with van der Waals surface area (Å²) in [7, 11) is 0. The summed E-state index contributed by atoms with van der Waals surface area (Å²) in [5, 5.41) is 0. The molecule has 0 spiro atoms. The van der Waals surface area contributed by atoms with Crippen LogP contribution in [0.4, 0.5) is 0 Å². The van der Waals surface area contributed by atoms with Crippen LogP contribution >= 0.6 is 0 Å². The second-order valence-corrected chi connectivity index (χ2v) is 10.6. The Morgan fingerprint density at radius 2 is 0.939 bits per heavy atom. The lowest BCUT2D eigenvalue weighted by Crippen LogP contribution is -2.37. The Kier molecular flexibility index (Phi) is 21.1. The normalized spacial score (nSPS) is 11.5. The fourth-order valence-electron chi connectivity index (χ4n) is 5.09. The van der Waals surface area contributed by atoms with Crippen molar-refractivity contribution in [2.24, 2.45) is 0 Å². The van der Waals surface area contributed by atoms with Crippen molar-refractivity contribution >= 4 is 0 Å². The molecule has 0 N–H and O–H groups in total. The van der Waals surface area contributed by atoms with E-state index in [2.05, 4.69) is 42.3 Å². The van der Waals surface area contributed by atoms with Crippen molar-refractivity contribution < 1.29 is 4.57 Å². The predicted octanol–water partition coefficient (Wildman–Crippen LogP) is 9.96. The maximum absolute atomic E-state index is 2.58. The Labute approximate surface area is 208 Å². The molecule has 0 saturated carbocycles. The second kappa shape index (κ2) is 23.0. The highest BCUT2D eigenvalue weighted by Crippen LogP contribution is 2.14. The monoisotopic (exact) mass is 461 g/mol. The first-order valence-corrected chi connectivity index (χ1v) is 15.4. The van der Waals surface area contributed by atoms with Crippen molar-refractivity contribution in [3.63, 3.8) is 0 Å². The summed E-state index contributed by atoms with van der Waals surface area (Å²) in [4.78, 5) is 0. The van der Waals surface area contributed by atoms with Gasteiger partial charge >= 0.3 is 0 Å². The molecule has 1 aromatic heterocycles. The van der Waals surface area contributed by atoms with Crippen LogP contribution in [-0.2, 0) is 19.5 Å². The molecule has 0 aromatic carbocycles. The highest BCUT2D eigenvalue weighted by atomic mass is 15.1. The van der Waals surface area contributed by atoms with Crippen molar-refractivity contribution in [1.82, 2.24) is 4.57 Å². The maximum Gasteiger partial charge on any atom is 0.256 e. The number of hydrogen-bond donors (Lipinski definition) is 0. The van der Waals surface area contributed by atoms with E-state index >= 15 is 0 Å². The lowest BCUT2D eigenvalue weighted by atomic mass is 10.0. The molecule has 1 aromatic rings. The molecule has 0 saturated heterocycles. The standard InChI is InChI=1S/C31H61N2/c1-4-7-10-12-13-14-15-16-17-18-19-20-21-23-26-31-32(27-24-9-6-3)29-30-33(31)28-25-22-11-8-5-2/h29-30H,4-28H2,1-3H3/q+1. The van der Waals surface area contributed by atoms with Gasteiger partial charge in [-0.05, 0) is 32.1 Å². The summed E-state index contributed by atoms with van der Waals surface area (Å²) < 4.78 is 5.16. The summed E-state index contributed by atoms with van der Waals surface area (Å²) in [5.41, 5.74) is 0. The molecule has 0 radical (unpaired) electrons. The largest absolute Gasteiger partial charge is 0.256 e. The highest BCUT2D eigenvalue weighted by Gasteiger charge is 2.16. The SMILES string of the molecule is CCCCCCCCCCCCCCCCc1n(CCCCCCC)cc[n+]1CCCCC. The van der Waals surface area contributed by atoms with Crippen molar-refractivity contribution in [1.29, 1.82) is 0 Å². The van der Waals surface area contributed by atoms with Crippen LogP contribution < -0.4 is 4.57 Å². The predicted molar refractivity (Wildman–Crippen MR) is 147 cm³/mol. The van der Waals surface area contributed by atoms with Crippen LogP contribution in [0, 0.1) is 0 Å². The van der Waals surface area contributed by atoms with Crippen LogP contribution in [-0.4, -0.2) is 4.57 Å². The number of aromatic nitrogens is 2. The average Bonchev–Trinajstić information content (AvgIpc) is 3.20. The zero-order chi connectivity index (χ0) is 23.8. The van der Waals surface area contributed by atoms with Crippen molar-refractivity contribution in [2.75, 3.05) is 0 Å². The van der Waals surface area contributed by atoms with Gasteiger partial charge in [0.2, 0.25) is 0 Å². The molecule has 2 nitrogen and oxygen atoms in total. The Morgan fingerprint density at radius 3 is 1.45 bits per heavy atom. The van der Waals surface area contributed by atoms with Crippen LogP contribution in [0.5, 0.6) is 0 Å². The number of imidazole rings is 1. The molecule has 0 aliphatic rings. The highest BCUT2D eigenvalue weighted by molar-refractivity contribution is 4.84. The first kappa shape index (κ1) is 30.2. The zero-order valence-electron chi connectivity index (χ0n) is 23.2. The molecule has 0 fully saturated rings. The van der Waals surface area contributed by atoms with Crippen LogP contribution in [0.25, 0.3) is 0 Å². The summed E-state index contributed by atoms with van der Waals surface area (Å²) >= 11 is 0. The maximum atomic E-state index is 2.58. The molecule has 0 atom stereocenters. The number of aryl methyl sites for hydroxylation is 2. The van der Waals surface area contributed by atoms with E-state index in [0.717, 1.165) is 0 Å². The topological polar surface area (TPSA) is 8.81 Å². The van der Waals surface area contributed by atoms with Crippen LogP contribution in [0.2, 0.25) is 0 Å². The molecule has 2 heteroatoms. The van der Waals surface area contributed by atoms with E-state index in [0.29, 0.717) is 0 Å². The minimum atomic E-state index is 1.21. The summed E-state index contributed by atoms with van der Waals surface area (Å²) in [6.07, 6.45) is 37.1. The molecular weight excluding hydrogens is 400 g/mol. The van der Waals surface area contributed by atoms with Crippen LogP contribution in [0.15, 0.2) is 12.4 Å². The van der Waals surface area contributed by atoms with Gasteiger partial charge in [0.15, 0.2) is 0 Å². The third-order valence-corrected chi connectivity index (χ3v) is 7.35. The van der Waals surface area contributed by atoms with Gasteiger partial charge in [0.25, 0.3) is 5.82 Å². The number of rotatable bonds is 25. The molecule has 0 aliphatic heterocycles. The Balaban J connectivity index is 2.17. The Hall–Kier alpha value is -0.790. The van der Waals surface area contributed by atoms with E-state index in [9.17, 15) is 0 Å². The zero-order valence-corrected chi connectivity index (χ0v) is 23.2. The van der Waals surface area contributed by atoms with Gasteiger partial charge in [0, 0.05) is 6.42 Å². The summed E-state index contributed by atoms with van der Waals surface area (Å²) in [5.74, 6) is 1.60. The van der Waals surface area contributed by atoms with Gasteiger partial charge < -0.3 is 0 Å². The molecule has 0 aliphatic carbocycles. The molecule has 0 amide bonds. The summed E-state index contributed by atoms with van der Waals surface area (Å²) in [6.45, 7) is 9.35. The van der Waals surface area contributed by atoms with E-state index in [-0.39, 0.29) is 0 Å². The molecule has 1 heterocycles. The van der Waals surface area contributed by atoms with E-state index in [1.165, 1.54) is 161 Å². The third kappa shape index (κ3) is 16.5. The van der Waals surface area contributed by atoms with E-state index in [1.54, 1.807) is 5.82 Å². The fourth-order valence-corrected chi connectivity index (χ4v) is 5.09. The Morgan fingerprint density at radius 1 is 0.515 bits per heavy atom. The molecule has 0 bridgehead atoms. The molecule has 0 unspecified atom stereocenters. The quantitative estimate of drug-likeness (QED) is 0.101. The fraction of sp³-hybridized carbons (Fsp3) is 0.903. The molecule has 1 rings (SSSR count). The summed E-state index contributed by atoms with van der Waals surface area (Å²) in [6, 6.07) is 0. The second-order valence-electron chi connectivity index (χ2n) is 10.6. The van der Waals surface area contributed by atoms with E-state index in [1.807, 2.05) is 0 Å². The number of nitrogens with zero attached hydrogens (tertiary/aromatic N) is 2. The molecule has 194 valence electrons. The van der Waals surface area contributed by atoms with Gasteiger partial charge in [0.05, 0.1) is 13.1 Å². The minimum Gasteiger partial charge on any atom is -0.234 e. The Bertz CT molecular complexity index is 519. The van der Waals surface area contributed by atoms with E-state index in [4.69, 9.17) is 0 Å². The third-order valence-electron chi connectivity index (χ3n) is 7.35. The van der Waals surface area contributed by atoms with Crippen molar-refractivity contribution in [3.05, 3.63) is 18.2 Å². The van der Waals surface area contributed by atoms with Gasteiger partial charge in [-0.2, -0.15) is 0 Å². The minimum absolute atomic E-state index is 1.21. The van der Waals surface area contributed by atoms with Gasteiger partial charge in [-0.25, -0.2) is 9.13 Å². The lowest BCUT2D eigenvalue weighted by molar-refractivity contribution is -0.704. The smallest absolute Gasteiger partial charge is 0.234 e. The van der Waals surface area contributed by atoms with Crippen LogP contribution in [0.3, 0.4) is 0 Å². The van der Waals surface area contributed by atoms with Gasteiger partial charge in [-0.15, -0.1) is 0 Å². The lowest BCUT2D eigenvalue weighted by Gasteiger charge is -2.06. The van der Waals surface area contributed by atoms with E-state index < -0.39 is 0 Å². The average molecular weight is 462 g/mol. The number of hydrogen-bond acceptors (Lipinski definition) is 0. The van der Waals surface area contributed by atoms with Gasteiger partial charge in [-0.3, -0.25) is 0 Å². The van der Waals surface area contributed by atoms with Gasteiger partial charge in [0.1, 0.15) is 12.4 Å². The molecular formula is C31H61N2+. The van der Waals surface area contributed by atoms with Gasteiger partial charge in [-0.1, -0.05) is 130 Å². The first-order valence-electron chi connectivity index (χ1n) is 15.4. The van der Waals surface area contributed by atoms with Crippen molar-refractivity contribution in [3.8, 4) is 0 Å². The van der Waals surface area contributed by atoms with Crippen LogP contribution in [0.1, 0.15) is 168 Å². The molecule has 33 heavy (non-hydrogen) atoms.